The summed E-state index contributed by atoms with van der Waals surface area (Å²) in [5.41, 5.74) is 0. The van der Waals surface area contributed by atoms with E-state index in [1.54, 1.807) is 0 Å². The van der Waals surface area contributed by atoms with E-state index in [1.807, 2.05) is 0 Å². The second-order valence-electron chi connectivity index (χ2n) is 1.15. The van der Waals surface area contributed by atoms with Gasteiger partial charge in [0.2, 0.25) is 0 Å². The van der Waals surface area contributed by atoms with Crippen LogP contribution in [0.25, 0.3) is 0 Å². The van der Waals surface area contributed by atoms with Crippen LogP contribution < -0.4 is 0 Å². The van der Waals surface area contributed by atoms with E-state index in [1.165, 1.54) is 6.92 Å². The van der Waals surface area contributed by atoms with Gasteiger partial charge in [0.05, 0.1) is 7.11 Å². The molecule has 0 bridgehead atoms. The Balaban J connectivity index is 3.60. The highest BCUT2D eigenvalue weighted by Crippen LogP contribution is 1.98. The molecule has 0 fully saturated rings. The van der Waals surface area contributed by atoms with E-state index in [9.17, 15) is 9.18 Å². The zero-order chi connectivity index (χ0) is 7.28. The standard InChI is InChI=1S/C5H7FO3/c1-3-4(6)9-5(7)8-2/h3H,1-2H3/b4-3-. The average molecular weight is 134 g/mol. The fourth-order valence-corrected chi connectivity index (χ4v) is 0.180. The van der Waals surface area contributed by atoms with Gasteiger partial charge in [-0.05, 0) is 13.0 Å². The molecular formula is C5H7FO3. The van der Waals surface area contributed by atoms with E-state index in [4.69, 9.17) is 0 Å². The lowest BCUT2D eigenvalue weighted by atomic mass is 10.7. The number of carbonyl (C=O) groups excluding carboxylic acids is 1. The minimum atomic E-state index is -1.05. The maximum atomic E-state index is 11.9. The molecule has 4 heteroatoms. The van der Waals surface area contributed by atoms with Crippen molar-refractivity contribution in [2.75, 3.05) is 7.11 Å². The summed E-state index contributed by atoms with van der Waals surface area (Å²) < 4.78 is 19.8. The largest absolute Gasteiger partial charge is 0.515 e. The number of carbonyl (C=O) groups is 1. The molecule has 0 heterocycles. The summed E-state index contributed by atoms with van der Waals surface area (Å²) in [5.74, 6) is 0. The van der Waals surface area contributed by atoms with Crippen molar-refractivity contribution in [2.45, 2.75) is 6.92 Å². The van der Waals surface area contributed by atoms with Crippen LogP contribution in [0.5, 0.6) is 0 Å². The molecule has 0 amide bonds. The van der Waals surface area contributed by atoms with Gasteiger partial charge in [-0.1, -0.05) is 0 Å². The highest BCUT2D eigenvalue weighted by atomic mass is 19.1. The molecule has 52 valence electrons. The molecule has 0 saturated carbocycles. The normalized spacial score (nSPS) is 10.8. The van der Waals surface area contributed by atoms with E-state index in [0.29, 0.717) is 0 Å². The van der Waals surface area contributed by atoms with Crippen LogP contribution in [0.2, 0.25) is 0 Å². The molecule has 0 aromatic heterocycles. The molecule has 0 aliphatic carbocycles. The van der Waals surface area contributed by atoms with Gasteiger partial charge in [-0.15, -0.1) is 0 Å². The molecule has 0 unspecified atom stereocenters. The Morgan fingerprint density at radius 2 is 2.22 bits per heavy atom. The number of hydrogen-bond acceptors (Lipinski definition) is 3. The molecule has 0 saturated heterocycles. The minimum absolute atomic E-state index is 0.957. The molecular weight excluding hydrogens is 127 g/mol. The molecule has 0 aromatic carbocycles. The molecule has 0 rings (SSSR count). The minimum Gasteiger partial charge on any atom is -0.437 e. The van der Waals surface area contributed by atoms with Gasteiger partial charge in [-0.25, -0.2) is 4.79 Å². The van der Waals surface area contributed by atoms with Crippen LogP contribution in [0.15, 0.2) is 12.1 Å². The zero-order valence-corrected chi connectivity index (χ0v) is 5.18. The Bertz CT molecular complexity index is 130. The number of methoxy groups -OCH3 is 1. The quantitative estimate of drug-likeness (QED) is 0.403. The van der Waals surface area contributed by atoms with Crippen molar-refractivity contribution < 1.29 is 18.7 Å². The summed E-state index contributed by atoms with van der Waals surface area (Å²) in [5, 5.41) is 0. The summed E-state index contributed by atoms with van der Waals surface area (Å²) in [6.07, 6.45) is -0.0395. The maximum Gasteiger partial charge on any atom is 0.515 e. The first-order valence-corrected chi connectivity index (χ1v) is 2.28. The SMILES string of the molecule is C/C=C(/F)OC(=O)OC. The predicted molar refractivity (Wildman–Crippen MR) is 28.4 cm³/mol. The van der Waals surface area contributed by atoms with Crippen LogP contribution in [-0.2, 0) is 9.47 Å². The van der Waals surface area contributed by atoms with Crippen molar-refractivity contribution >= 4 is 6.16 Å². The molecule has 0 atom stereocenters. The van der Waals surface area contributed by atoms with Crippen molar-refractivity contribution in [2.24, 2.45) is 0 Å². The zero-order valence-electron chi connectivity index (χ0n) is 5.18. The van der Waals surface area contributed by atoms with Crippen LogP contribution in [0.4, 0.5) is 9.18 Å². The van der Waals surface area contributed by atoms with Crippen molar-refractivity contribution in [3.8, 4) is 0 Å². The average Bonchev–Trinajstić information content (AvgIpc) is 1.87. The lowest BCUT2D eigenvalue weighted by molar-refractivity contribution is 0.0791. The number of ether oxygens (including phenoxy) is 2. The topological polar surface area (TPSA) is 35.5 Å². The van der Waals surface area contributed by atoms with Gasteiger partial charge < -0.3 is 9.47 Å². The fourth-order valence-electron chi connectivity index (χ4n) is 0.180. The van der Waals surface area contributed by atoms with Gasteiger partial charge >= 0.3 is 6.16 Å². The summed E-state index contributed by atoms with van der Waals surface area (Å²) in [7, 11) is 1.10. The Morgan fingerprint density at radius 3 is 2.56 bits per heavy atom. The Morgan fingerprint density at radius 1 is 1.67 bits per heavy atom. The highest BCUT2D eigenvalue weighted by Gasteiger charge is 2.02. The Labute approximate surface area is 52.1 Å². The predicted octanol–water partition coefficient (Wildman–Crippen LogP) is 1.60. The van der Waals surface area contributed by atoms with Crippen molar-refractivity contribution in [3.05, 3.63) is 12.1 Å². The lowest BCUT2D eigenvalue weighted by Gasteiger charge is -1.95. The summed E-state index contributed by atoms with van der Waals surface area (Å²) in [4.78, 5) is 10.1. The third-order valence-electron chi connectivity index (χ3n) is 0.574. The molecule has 0 aromatic rings. The van der Waals surface area contributed by atoms with Gasteiger partial charge in [-0.3, -0.25) is 0 Å². The lowest BCUT2D eigenvalue weighted by Crippen LogP contribution is -2.00. The van der Waals surface area contributed by atoms with Gasteiger partial charge in [0.1, 0.15) is 0 Å². The van der Waals surface area contributed by atoms with Gasteiger partial charge in [-0.2, -0.15) is 4.39 Å². The summed E-state index contributed by atoms with van der Waals surface area (Å²) in [6.45, 7) is 1.40. The number of rotatable bonds is 1. The first kappa shape index (κ1) is 7.94. The molecule has 0 spiro atoms. The smallest absolute Gasteiger partial charge is 0.437 e. The fraction of sp³-hybridized carbons (Fsp3) is 0.400. The Hall–Kier alpha value is -1.06. The van der Waals surface area contributed by atoms with Crippen LogP contribution in [-0.4, -0.2) is 13.3 Å². The van der Waals surface area contributed by atoms with Gasteiger partial charge in [0.15, 0.2) is 0 Å². The summed E-state index contributed by atoms with van der Waals surface area (Å²) >= 11 is 0. The van der Waals surface area contributed by atoms with Crippen molar-refractivity contribution in [3.63, 3.8) is 0 Å². The van der Waals surface area contributed by atoms with Crippen LogP contribution in [0.3, 0.4) is 0 Å². The van der Waals surface area contributed by atoms with Gasteiger partial charge in [0.25, 0.3) is 6.01 Å². The van der Waals surface area contributed by atoms with Crippen LogP contribution in [0, 0.1) is 0 Å². The van der Waals surface area contributed by atoms with Crippen molar-refractivity contribution in [1.29, 1.82) is 0 Å². The van der Waals surface area contributed by atoms with E-state index in [-0.39, 0.29) is 0 Å². The van der Waals surface area contributed by atoms with E-state index >= 15 is 0 Å². The molecule has 0 aliphatic rings. The molecule has 0 aliphatic heterocycles. The van der Waals surface area contributed by atoms with E-state index in [2.05, 4.69) is 9.47 Å². The third-order valence-corrected chi connectivity index (χ3v) is 0.574. The first-order chi connectivity index (χ1) is 4.20. The third kappa shape index (κ3) is 3.52. The second-order valence-corrected chi connectivity index (χ2v) is 1.15. The number of halogens is 1. The maximum absolute atomic E-state index is 11.9. The van der Waals surface area contributed by atoms with Gasteiger partial charge in [0, 0.05) is 0 Å². The first-order valence-electron chi connectivity index (χ1n) is 2.28. The van der Waals surface area contributed by atoms with Crippen LogP contribution in [0.1, 0.15) is 6.92 Å². The molecule has 3 nitrogen and oxygen atoms in total. The van der Waals surface area contributed by atoms with Crippen molar-refractivity contribution in [1.82, 2.24) is 0 Å². The number of hydrogen-bond donors (Lipinski definition) is 0. The van der Waals surface area contributed by atoms with Crippen LogP contribution >= 0.6 is 0 Å². The molecule has 0 radical (unpaired) electrons. The number of allylic oxidation sites excluding steroid dienone is 1. The molecule has 0 N–H and O–H groups in total. The molecule has 9 heavy (non-hydrogen) atoms. The van der Waals surface area contributed by atoms with E-state index < -0.39 is 12.2 Å². The second kappa shape index (κ2) is 3.88. The monoisotopic (exact) mass is 134 g/mol. The van der Waals surface area contributed by atoms with E-state index in [0.717, 1.165) is 13.2 Å². The summed E-state index contributed by atoms with van der Waals surface area (Å²) in [6, 6.07) is -0.957. The Kier molecular flexibility index (Phi) is 3.43. The highest BCUT2D eigenvalue weighted by molar-refractivity contribution is 5.60.